The van der Waals surface area contributed by atoms with Crippen LogP contribution in [0.25, 0.3) is 0 Å². The van der Waals surface area contributed by atoms with Gasteiger partial charge in [0.2, 0.25) is 5.95 Å². The summed E-state index contributed by atoms with van der Waals surface area (Å²) in [6.45, 7) is 2.32. The molecule has 0 aliphatic heterocycles. The van der Waals surface area contributed by atoms with Gasteiger partial charge in [-0.1, -0.05) is 29.3 Å². The highest BCUT2D eigenvalue weighted by molar-refractivity contribution is 14.0. The van der Waals surface area contributed by atoms with Gasteiger partial charge in [0.15, 0.2) is 5.96 Å². The van der Waals surface area contributed by atoms with Crippen molar-refractivity contribution in [3.05, 3.63) is 51.8 Å². The van der Waals surface area contributed by atoms with Crippen molar-refractivity contribution in [1.82, 2.24) is 15.3 Å². The van der Waals surface area contributed by atoms with Crippen molar-refractivity contribution in [2.75, 3.05) is 19.0 Å². The van der Waals surface area contributed by atoms with E-state index < -0.39 is 0 Å². The van der Waals surface area contributed by atoms with Crippen molar-refractivity contribution in [3.63, 3.8) is 0 Å². The molecular weight excluding hydrogens is 474 g/mol. The quantitative estimate of drug-likeness (QED) is 0.377. The van der Waals surface area contributed by atoms with Gasteiger partial charge < -0.3 is 16.0 Å². The van der Waals surface area contributed by atoms with Crippen molar-refractivity contribution in [2.24, 2.45) is 10.7 Å². The molecule has 2 aromatic rings. The first-order valence-electron chi connectivity index (χ1n) is 7.37. The Morgan fingerprint density at radius 1 is 1.32 bits per heavy atom. The Morgan fingerprint density at radius 3 is 2.68 bits per heavy atom. The molecule has 9 heteroatoms. The molecule has 0 bridgehead atoms. The molecule has 6 nitrogen and oxygen atoms in total. The van der Waals surface area contributed by atoms with Gasteiger partial charge in [-0.2, -0.15) is 0 Å². The van der Waals surface area contributed by atoms with Crippen LogP contribution in [0.15, 0.2) is 35.5 Å². The van der Waals surface area contributed by atoms with E-state index >= 15 is 0 Å². The van der Waals surface area contributed by atoms with Crippen LogP contribution >= 0.6 is 47.2 Å². The molecule has 0 aliphatic rings. The van der Waals surface area contributed by atoms with Crippen molar-refractivity contribution in [1.29, 1.82) is 0 Å². The molecule has 0 aliphatic carbocycles. The van der Waals surface area contributed by atoms with Crippen LogP contribution in [-0.2, 0) is 6.54 Å². The van der Waals surface area contributed by atoms with Gasteiger partial charge in [-0.3, -0.25) is 0 Å². The third-order valence-electron chi connectivity index (χ3n) is 3.31. The zero-order valence-corrected chi connectivity index (χ0v) is 18.0. The first-order chi connectivity index (χ1) is 11.4. The van der Waals surface area contributed by atoms with Crippen LogP contribution in [-0.4, -0.2) is 30.0 Å². The minimum Gasteiger partial charge on any atom is -0.370 e. The van der Waals surface area contributed by atoms with Gasteiger partial charge in [-0.25, -0.2) is 15.0 Å². The van der Waals surface area contributed by atoms with E-state index in [0.717, 1.165) is 11.3 Å². The summed E-state index contributed by atoms with van der Waals surface area (Å²) in [7, 11) is 3.77. The van der Waals surface area contributed by atoms with Crippen molar-refractivity contribution in [2.45, 2.75) is 19.5 Å². The second kappa shape index (κ2) is 9.98. The topological polar surface area (TPSA) is 79.4 Å². The molecule has 1 unspecified atom stereocenters. The van der Waals surface area contributed by atoms with Crippen LogP contribution in [0.2, 0.25) is 10.0 Å². The summed E-state index contributed by atoms with van der Waals surface area (Å²) in [5.74, 6) is 0.953. The highest BCUT2D eigenvalue weighted by Crippen LogP contribution is 2.25. The average molecular weight is 495 g/mol. The van der Waals surface area contributed by atoms with Crippen LogP contribution in [0.4, 0.5) is 5.95 Å². The van der Waals surface area contributed by atoms with Gasteiger partial charge in [0.25, 0.3) is 0 Å². The Labute approximate surface area is 174 Å². The summed E-state index contributed by atoms with van der Waals surface area (Å²) >= 11 is 12.1. The number of halogens is 3. The van der Waals surface area contributed by atoms with Gasteiger partial charge in [-0.05, 0) is 30.7 Å². The molecule has 0 amide bonds. The standard InChI is InChI=1S/C16H20Cl2N6.HI/c1-10(13-5-4-11(17)8-14(13)18)22-15(19)21-9-12-6-7-20-16(23-12)24(2)3;/h4-8,10H,9H2,1-3H3,(H3,19,21,22);1H. The van der Waals surface area contributed by atoms with Crippen molar-refractivity contribution < 1.29 is 0 Å². The zero-order valence-electron chi connectivity index (χ0n) is 14.2. The Bertz CT molecular complexity index is 738. The number of hydrogen-bond acceptors (Lipinski definition) is 4. The zero-order chi connectivity index (χ0) is 17.7. The van der Waals surface area contributed by atoms with E-state index in [1.807, 2.05) is 38.1 Å². The van der Waals surface area contributed by atoms with E-state index in [9.17, 15) is 0 Å². The lowest BCUT2D eigenvalue weighted by atomic mass is 10.1. The van der Waals surface area contributed by atoms with Crippen LogP contribution in [0.5, 0.6) is 0 Å². The van der Waals surface area contributed by atoms with E-state index in [1.54, 1.807) is 18.3 Å². The third-order valence-corrected chi connectivity index (χ3v) is 3.87. The molecule has 0 saturated heterocycles. The van der Waals surface area contributed by atoms with Gasteiger partial charge in [-0.15, -0.1) is 24.0 Å². The molecule has 0 fully saturated rings. The molecule has 1 heterocycles. The Balaban J connectivity index is 0.00000312. The second-order valence-corrected chi connectivity index (χ2v) is 6.32. The predicted molar refractivity (Wildman–Crippen MR) is 115 cm³/mol. The molecule has 136 valence electrons. The first kappa shape index (κ1) is 21.7. The lowest BCUT2D eigenvalue weighted by molar-refractivity contribution is 0.707. The highest BCUT2D eigenvalue weighted by Gasteiger charge is 2.10. The molecule has 0 saturated carbocycles. The molecule has 0 radical (unpaired) electrons. The Hall–Kier alpha value is -1.32. The van der Waals surface area contributed by atoms with Gasteiger partial charge >= 0.3 is 0 Å². The van der Waals surface area contributed by atoms with Gasteiger partial charge in [0, 0.05) is 30.3 Å². The number of rotatable bonds is 5. The summed E-state index contributed by atoms with van der Waals surface area (Å²) in [6, 6.07) is 7.07. The van der Waals surface area contributed by atoms with E-state index in [4.69, 9.17) is 28.9 Å². The number of guanidine groups is 1. The maximum Gasteiger partial charge on any atom is 0.225 e. The van der Waals surface area contributed by atoms with Gasteiger partial charge in [0.1, 0.15) is 0 Å². The summed E-state index contributed by atoms with van der Waals surface area (Å²) in [5, 5.41) is 4.29. The molecule has 25 heavy (non-hydrogen) atoms. The van der Waals surface area contributed by atoms with Crippen LogP contribution < -0.4 is 16.0 Å². The van der Waals surface area contributed by atoms with E-state index in [-0.39, 0.29) is 30.0 Å². The summed E-state index contributed by atoms with van der Waals surface area (Å²) in [4.78, 5) is 14.7. The fraction of sp³-hybridized carbons (Fsp3) is 0.312. The normalized spacial score (nSPS) is 12.3. The second-order valence-electron chi connectivity index (χ2n) is 5.48. The van der Waals surface area contributed by atoms with E-state index in [0.29, 0.717) is 28.5 Å². The summed E-state index contributed by atoms with van der Waals surface area (Å²) in [6.07, 6.45) is 1.70. The largest absolute Gasteiger partial charge is 0.370 e. The minimum absolute atomic E-state index is 0. The van der Waals surface area contributed by atoms with Crippen LogP contribution in [0.1, 0.15) is 24.2 Å². The fourth-order valence-corrected chi connectivity index (χ4v) is 2.62. The molecule has 1 aromatic carbocycles. The lowest BCUT2D eigenvalue weighted by Crippen LogP contribution is -2.34. The average Bonchev–Trinajstić information content (AvgIpc) is 2.53. The Kier molecular flexibility index (Phi) is 8.67. The number of benzene rings is 1. The number of nitrogens with one attached hydrogen (secondary N) is 1. The molecule has 1 aromatic heterocycles. The number of aromatic nitrogens is 2. The number of anilines is 1. The van der Waals surface area contributed by atoms with E-state index in [1.165, 1.54) is 0 Å². The summed E-state index contributed by atoms with van der Waals surface area (Å²) in [5.41, 5.74) is 7.64. The minimum atomic E-state index is -0.0961. The number of nitrogens with two attached hydrogens (primary N) is 1. The fourth-order valence-electron chi connectivity index (χ4n) is 2.05. The third kappa shape index (κ3) is 6.48. The maximum absolute atomic E-state index is 6.20. The monoisotopic (exact) mass is 494 g/mol. The van der Waals surface area contributed by atoms with Crippen LogP contribution in [0, 0.1) is 0 Å². The smallest absolute Gasteiger partial charge is 0.225 e. The van der Waals surface area contributed by atoms with Crippen LogP contribution in [0.3, 0.4) is 0 Å². The summed E-state index contributed by atoms with van der Waals surface area (Å²) < 4.78 is 0. The number of aliphatic imine (C=N–C) groups is 1. The molecule has 2 rings (SSSR count). The maximum atomic E-state index is 6.20. The SMILES string of the molecule is CC(NC(N)=NCc1ccnc(N(C)C)n1)c1ccc(Cl)cc1Cl.I. The predicted octanol–water partition coefficient (Wildman–Crippen LogP) is 3.63. The van der Waals surface area contributed by atoms with Gasteiger partial charge in [0.05, 0.1) is 18.3 Å². The first-order valence-corrected chi connectivity index (χ1v) is 8.13. The highest BCUT2D eigenvalue weighted by atomic mass is 127. The lowest BCUT2D eigenvalue weighted by Gasteiger charge is -2.16. The van der Waals surface area contributed by atoms with Crippen molar-refractivity contribution in [3.8, 4) is 0 Å². The van der Waals surface area contributed by atoms with E-state index in [2.05, 4.69) is 20.3 Å². The number of hydrogen-bond donors (Lipinski definition) is 2. The molecule has 3 N–H and O–H groups in total. The molecule has 1 atom stereocenters. The molecular formula is C16H21Cl2IN6. The molecule has 0 spiro atoms. The van der Waals surface area contributed by atoms with Crippen molar-refractivity contribution >= 4 is 59.1 Å². The number of nitrogens with zero attached hydrogens (tertiary/aromatic N) is 4. The Morgan fingerprint density at radius 2 is 2.04 bits per heavy atom.